The zero-order valence-corrected chi connectivity index (χ0v) is 16.7. The van der Waals surface area contributed by atoms with Gasteiger partial charge in [-0.1, -0.05) is 29.8 Å². The van der Waals surface area contributed by atoms with Crippen LogP contribution in [0.1, 0.15) is 27.9 Å². The van der Waals surface area contributed by atoms with Gasteiger partial charge in [0.25, 0.3) is 5.56 Å². The van der Waals surface area contributed by atoms with E-state index in [4.69, 9.17) is 0 Å². The second-order valence-corrected chi connectivity index (χ2v) is 7.35. The number of hydrogen-bond donors (Lipinski definition) is 0. The third-order valence-corrected chi connectivity index (χ3v) is 5.03. The first-order valence-electron chi connectivity index (χ1n) is 9.34. The quantitative estimate of drug-likeness (QED) is 0.495. The summed E-state index contributed by atoms with van der Waals surface area (Å²) < 4.78 is 41.8. The largest absolute Gasteiger partial charge is 0.416 e. The third-order valence-electron chi connectivity index (χ3n) is 5.03. The maximum absolute atomic E-state index is 13.2. The molecule has 0 amide bonds. The molecule has 2 aromatic carbocycles. The molecule has 0 aliphatic heterocycles. The number of hydrogen-bond acceptors (Lipinski definition) is 3. The van der Waals surface area contributed by atoms with Gasteiger partial charge in [0, 0.05) is 5.39 Å². The van der Waals surface area contributed by atoms with Gasteiger partial charge in [-0.05, 0) is 50.1 Å². The van der Waals surface area contributed by atoms with Gasteiger partial charge >= 0.3 is 6.18 Å². The topological polar surface area (TPSA) is 52.7 Å². The standard InChI is InChI=1S/C22H19F3N4O/c1-13-7-8-19(14(2)9-13)29-20-18(11-26-29)15(3)27-28(21(20)30)12-16-5-4-6-17(10-16)22(23,24)25/h4-11H,12H2,1-3H3. The van der Waals surface area contributed by atoms with Crippen LogP contribution in [0.2, 0.25) is 0 Å². The monoisotopic (exact) mass is 412 g/mol. The number of rotatable bonds is 3. The summed E-state index contributed by atoms with van der Waals surface area (Å²) in [6.45, 7) is 5.59. The first-order chi connectivity index (χ1) is 14.1. The molecule has 2 heterocycles. The Labute approximate surface area is 170 Å². The van der Waals surface area contributed by atoms with Gasteiger partial charge in [0.15, 0.2) is 0 Å². The van der Waals surface area contributed by atoms with Crippen LogP contribution in [-0.4, -0.2) is 19.6 Å². The molecule has 30 heavy (non-hydrogen) atoms. The fourth-order valence-electron chi connectivity index (χ4n) is 3.57. The lowest BCUT2D eigenvalue weighted by molar-refractivity contribution is -0.137. The van der Waals surface area contributed by atoms with Crippen molar-refractivity contribution in [3.63, 3.8) is 0 Å². The smallest absolute Gasteiger partial charge is 0.265 e. The van der Waals surface area contributed by atoms with Gasteiger partial charge in [-0.15, -0.1) is 0 Å². The Kier molecular flexibility index (Phi) is 4.72. The van der Waals surface area contributed by atoms with Gasteiger partial charge < -0.3 is 0 Å². The van der Waals surface area contributed by atoms with Crippen LogP contribution < -0.4 is 5.56 Å². The highest BCUT2D eigenvalue weighted by molar-refractivity contribution is 5.81. The van der Waals surface area contributed by atoms with Gasteiger partial charge in [0.2, 0.25) is 0 Å². The second kappa shape index (κ2) is 7.12. The molecule has 5 nitrogen and oxygen atoms in total. The lowest BCUT2D eigenvalue weighted by atomic mass is 10.1. The van der Waals surface area contributed by atoms with Gasteiger partial charge in [0.05, 0.1) is 29.7 Å². The highest BCUT2D eigenvalue weighted by Gasteiger charge is 2.30. The van der Waals surface area contributed by atoms with Crippen molar-refractivity contribution >= 4 is 10.9 Å². The number of benzene rings is 2. The summed E-state index contributed by atoms with van der Waals surface area (Å²) in [5.74, 6) is 0. The van der Waals surface area contributed by atoms with E-state index in [1.54, 1.807) is 23.9 Å². The molecule has 0 unspecified atom stereocenters. The average Bonchev–Trinajstić information content (AvgIpc) is 3.11. The first-order valence-corrected chi connectivity index (χ1v) is 9.34. The highest BCUT2D eigenvalue weighted by Crippen LogP contribution is 2.29. The third kappa shape index (κ3) is 3.49. The van der Waals surface area contributed by atoms with Crippen LogP contribution in [0, 0.1) is 20.8 Å². The summed E-state index contributed by atoms with van der Waals surface area (Å²) in [5.41, 5.74) is 2.91. The SMILES string of the molecule is Cc1ccc(-n2ncc3c(C)nn(Cc4cccc(C(F)(F)F)c4)c(=O)c32)c(C)c1. The number of halogens is 3. The lowest BCUT2D eigenvalue weighted by Gasteiger charge is -2.12. The molecule has 0 saturated carbocycles. The number of aromatic nitrogens is 4. The van der Waals surface area contributed by atoms with E-state index in [1.807, 2.05) is 32.0 Å². The molecule has 0 atom stereocenters. The molecule has 0 bridgehead atoms. The fraction of sp³-hybridized carbons (Fsp3) is 0.227. The van der Waals surface area contributed by atoms with Gasteiger partial charge in [-0.3, -0.25) is 4.79 Å². The summed E-state index contributed by atoms with van der Waals surface area (Å²) in [5, 5.41) is 9.30. The van der Waals surface area contributed by atoms with Gasteiger partial charge in [0.1, 0.15) is 5.52 Å². The van der Waals surface area contributed by atoms with Crippen LogP contribution in [0.3, 0.4) is 0 Å². The molecule has 0 aliphatic rings. The van der Waals surface area contributed by atoms with E-state index in [1.165, 1.54) is 10.7 Å². The second-order valence-electron chi connectivity index (χ2n) is 7.35. The van der Waals surface area contributed by atoms with Crippen LogP contribution in [-0.2, 0) is 12.7 Å². The summed E-state index contributed by atoms with van der Waals surface area (Å²) in [7, 11) is 0. The molecule has 8 heteroatoms. The minimum atomic E-state index is -4.45. The van der Waals surface area contributed by atoms with Crippen LogP contribution in [0.4, 0.5) is 13.2 Å². The molecule has 0 N–H and O–H groups in total. The Morgan fingerprint density at radius 1 is 1.03 bits per heavy atom. The molecule has 4 rings (SSSR count). The van der Waals surface area contributed by atoms with Crippen molar-refractivity contribution in [3.8, 4) is 5.69 Å². The Morgan fingerprint density at radius 3 is 2.50 bits per heavy atom. The predicted octanol–water partition coefficient (Wildman–Crippen LogP) is 4.57. The maximum Gasteiger partial charge on any atom is 0.416 e. The van der Waals surface area contributed by atoms with Crippen LogP contribution in [0.25, 0.3) is 16.6 Å². The number of nitrogens with zero attached hydrogens (tertiary/aromatic N) is 4. The zero-order valence-electron chi connectivity index (χ0n) is 16.7. The van der Waals surface area contributed by atoms with Crippen molar-refractivity contribution in [1.82, 2.24) is 19.6 Å². The van der Waals surface area contributed by atoms with Crippen molar-refractivity contribution in [1.29, 1.82) is 0 Å². The fourth-order valence-corrected chi connectivity index (χ4v) is 3.57. The summed E-state index contributed by atoms with van der Waals surface area (Å²) in [6.07, 6.45) is -2.86. The summed E-state index contributed by atoms with van der Waals surface area (Å²) >= 11 is 0. The molecule has 0 spiro atoms. The number of aryl methyl sites for hydroxylation is 3. The molecule has 4 aromatic rings. The molecule has 0 saturated heterocycles. The van der Waals surface area contributed by atoms with Gasteiger partial charge in [-0.25, -0.2) is 9.36 Å². The van der Waals surface area contributed by atoms with E-state index < -0.39 is 17.3 Å². The zero-order chi connectivity index (χ0) is 21.6. The molecule has 0 radical (unpaired) electrons. The van der Waals surface area contributed by atoms with Crippen molar-refractivity contribution in [2.24, 2.45) is 0 Å². The molecule has 2 aromatic heterocycles. The van der Waals surface area contributed by atoms with Gasteiger partial charge in [-0.2, -0.15) is 23.4 Å². The van der Waals surface area contributed by atoms with E-state index >= 15 is 0 Å². The van der Waals surface area contributed by atoms with E-state index in [9.17, 15) is 18.0 Å². The first kappa shape index (κ1) is 19.9. The van der Waals surface area contributed by atoms with Crippen molar-refractivity contribution in [2.75, 3.05) is 0 Å². The van der Waals surface area contributed by atoms with E-state index in [-0.39, 0.29) is 6.54 Å². The maximum atomic E-state index is 13.2. The molecular weight excluding hydrogens is 393 g/mol. The van der Waals surface area contributed by atoms with E-state index in [0.29, 0.717) is 22.2 Å². The minimum absolute atomic E-state index is 0.0718. The Bertz CT molecular complexity index is 1320. The Morgan fingerprint density at radius 2 is 1.80 bits per heavy atom. The van der Waals surface area contributed by atoms with Crippen LogP contribution in [0.5, 0.6) is 0 Å². The molecule has 0 fully saturated rings. The summed E-state index contributed by atoms with van der Waals surface area (Å²) in [6, 6.07) is 10.7. The molecule has 0 aliphatic carbocycles. The van der Waals surface area contributed by atoms with Crippen LogP contribution >= 0.6 is 0 Å². The highest BCUT2D eigenvalue weighted by atomic mass is 19.4. The lowest BCUT2D eigenvalue weighted by Crippen LogP contribution is -2.26. The van der Waals surface area contributed by atoms with Crippen molar-refractivity contribution in [2.45, 2.75) is 33.5 Å². The van der Waals surface area contributed by atoms with E-state index in [0.717, 1.165) is 28.9 Å². The van der Waals surface area contributed by atoms with Crippen LogP contribution in [0.15, 0.2) is 53.5 Å². The average molecular weight is 412 g/mol. The normalized spacial score (nSPS) is 11.9. The summed E-state index contributed by atoms with van der Waals surface area (Å²) in [4.78, 5) is 13.2. The molecule has 154 valence electrons. The van der Waals surface area contributed by atoms with E-state index in [2.05, 4.69) is 10.2 Å². The predicted molar refractivity (Wildman–Crippen MR) is 108 cm³/mol. The number of fused-ring (bicyclic) bond motifs is 1. The Balaban J connectivity index is 1.85. The number of alkyl halides is 3. The Hall–Kier alpha value is -3.42. The molecular formula is C22H19F3N4O. The van der Waals surface area contributed by atoms with Crippen molar-refractivity contribution < 1.29 is 13.2 Å². The minimum Gasteiger partial charge on any atom is -0.265 e. The van der Waals surface area contributed by atoms with Crippen molar-refractivity contribution in [3.05, 3.63) is 87.0 Å².